The molecule has 3 heterocycles. The summed E-state index contributed by atoms with van der Waals surface area (Å²) in [4.78, 5) is 15.5. The van der Waals surface area contributed by atoms with E-state index >= 15 is 0 Å². The summed E-state index contributed by atoms with van der Waals surface area (Å²) in [5.41, 5.74) is 3.31. The van der Waals surface area contributed by atoms with Gasteiger partial charge in [-0.2, -0.15) is 0 Å². The van der Waals surface area contributed by atoms with Gasteiger partial charge < -0.3 is 9.64 Å². The first-order chi connectivity index (χ1) is 21.8. The Balaban J connectivity index is 1.41. The summed E-state index contributed by atoms with van der Waals surface area (Å²) in [5.74, 6) is 6.06. The van der Waals surface area contributed by atoms with Gasteiger partial charge in [-0.15, -0.1) is 23.5 Å². The molecule has 6 atom stereocenters. The maximum absolute atomic E-state index is 13.0. The average Bonchev–Trinajstić information content (AvgIpc) is 3.03. The standard InChI is InChI=1S/C37H51ClN2O2S3/c1-5-8-28-21-31(38)14-18-33(28)30-23-40(4)22-29-13-17-34(29)35(37-43-19-7-20-44-37)10-6-9-25(2)26(3)45-39-36(41)27-11-15-32(16-12-27)42-24-30/h6,10-12,14-16,18,21,25-26,29-30,34-35,37H,5,7-9,13,17,19-20,22-24H2,1-4H3,(H,39,41)/b10-6+. The van der Waals surface area contributed by atoms with Crippen LogP contribution < -0.4 is 9.46 Å². The van der Waals surface area contributed by atoms with E-state index in [-0.39, 0.29) is 11.8 Å². The quantitative estimate of drug-likeness (QED) is 0.255. The molecular weight excluding hydrogens is 636 g/mol. The highest BCUT2D eigenvalue weighted by molar-refractivity contribution is 8.17. The molecule has 0 spiro atoms. The summed E-state index contributed by atoms with van der Waals surface area (Å²) < 4.78 is 10.2. The van der Waals surface area contributed by atoms with Crippen molar-refractivity contribution in [2.45, 2.75) is 75.0 Å². The van der Waals surface area contributed by atoms with Crippen LogP contribution in [0.3, 0.4) is 0 Å². The first-order valence-electron chi connectivity index (χ1n) is 16.9. The summed E-state index contributed by atoms with van der Waals surface area (Å²) in [6, 6.07) is 14.0. The normalized spacial score (nSPS) is 30.3. The molecular formula is C37H51ClN2O2S3. The van der Waals surface area contributed by atoms with Crippen molar-refractivity contribution in [3.63, 3.8) is 0 Å². The molecule has 1 aliphatic carbocycles. The molecule has 4 aliphatic rings. The minimum Gasteiger partial charge on any atom is -0.493 e. The summed E-state index contributed by atoms with van der Waals surface area (Å²) in [5, 5.41) is 1.12. The number of halogens is 1. The zero-order valence-electron chi connectivity index (χ0n) is 27.4. The van der Waals surface area contributed by atoms with E-state index in [1.54, 1.807) is 11.9 Å². The molecule has 2 aromatic carbocycles. The molecule has 1 N–H and O–H groups in total. The maximum Gasteiger partial charge on any atom is 0.261 e. The smallest absolute Gasteiger partial charge is 0.261 e. The molecule has 4 nitrogen and oxygen atoms in total. The van der Waals surface area contributed by atoms with Gasteiger partial charge in [-0.3, -0.25) is 9.52 Å². The van der Waals surface area contributed by atoms with Crippen LogP contribution >= 0.6 is 47.1 Å². The molecule has 1 saturated heterocycles. The number of nitrogens with zero attached hydrogens (tertiary/aromatic N) is 1. The Kier molecular flexibility index (Phi) is 13.4. The molecule has 0 aromatic heterocycles. The second-order valence-electron chi connectivity index (χ2n) is 13.3. The number of allylic oxidation sites excluding steroid dienone is 2. The molecule has 3 aliphatic heterocycles. The van der Waals surface area contributed by atoms with Crippen molar-refractivity contribution in [2.75, 3.05) is 38.2 Å². The van der Waals surface area contributed by atoms with Crippen molar-refractivity contribution in [2.24, 2.45) is 23.7 Å². The Morgan fingerprint density at radius 1 is 1.04 bits per heavy atom. The third kappa shape index (κ3) is 9.65. The fraction of sp³-hybridized carbons (Fsp3) is 0.595. The minimum absolute atomic E-state index is 0.0562. The lowest BCUT2D eigenvalue weighted by molar-refractivity contribution is 0.0884. The minimum atomic E-state index is -0.0562. The topological polar surface area (TPSA) is 41.6 Å². The number of nitrogens with one attached hydrogen (secondary N) is 1. The van der Waals surface area contributed by atoms with Gasteiger partial charge in [-0.05, 0) is 128 Å². The van der Waals surface area contributed by atoms with Gasteiger partial charge in [-0.1, -0.05) is 57.0 Å². The molecule has 1 amide bonds. The van der Waals surface area contributed by atoms with E-state index in [1.807, 2.05) is 30.3 Å². The van der Waals surface area contributed by atoms with Gasteiger partial charge >= 0.3 is 0 Å². The number of benzene rings is 2. The van der Waals surface area contributed by atoms with Crippen LogP contribution in [0, 0.1) is 23.7 Å². The molecule has 1 saturated carbocycles. The van der Waals surface area contributed by atoms with Gasteiger partial charge in [0.1, 0.15) is 5.75 Å². The van der Waals surface area contributed by atoms with Gasteiger partial charge in [0.05, 0.1) is 11.2 Å². The first-order valence-corrected chi connectivity index (χ1v) is 20.2. The Bertz CT molecular complexity index is 1270. The van der Waals surface area contributed by atoms with Crippen molar-refractivity contribution in [3.8, 4) is 5.75 Å². The first kappa shape index (κ1) is 35.1. The maximum atomic E-state index is 13.0. The number of aryl methyl sites for hydroxylation is 1. The number of likely N-dealkylation sites (N-methyl/N-ethyl adjacent to an activating group) is 1. The van der Waals surface area contributed by atoms with Crippen LogP contribution in [0.15, 0.2) is 54.6 Å². The number of amides is 1. The predicted molar refractivity (Wildman–Crippen MR) is 198 cm³/mol. The Hall–Kier alpha value is -1.25. The Labute approximate surface area is 289 Å². The van der Waals surface area contributed by atoms with Crippen molar-refractivity contribution in [3.05, 3.63) is 76.3 Å². The van der Waals surface area contributed by atoms with Crippen LogP contribution in [0.25, 0.3) is 0 Å². The number of rotatable bonds is 4. The Morgan fingerprint density at radius 2 is 1.82 bits per heavy atom. The van der Waals surface area contributed by atoms with Gasteiger partial charge in [-0.25, -0.2) is 0 Å². The number of hydrogen-bond acceptors (Lipinski definition) is 6. The number of ether oxygens (including phenoxy) is 1. The van der Waals surface area contributed by atoms with E-state index in [4.69, 9.17) is 16.3 Å². The van der Waals surface area contributed by atoms with E-state index in [2.05, 4.69) is 85.2 Å². The molecule has 8 heteroatoms. The predicted octanol–water partition coefficient (Wildman–Crippen LogP) is 9.59. The average molecular weight is 687 g/mol. The summed E-state index contributed by atoms with van der Waals surface area (Å²) in [6.07, 6.45) is 12.2. The van der Waals surface area contributed by atoms with Crippen molar-refractivity contribution in [1.29, 1.82) is 0 Å². The lowest BCUT2D eigenvalue weighted by Gasteiger charge is -2.46. The SMILES string of the molecule is CCCc1cc(Cl)ccc1C1COc2ccc(cc2)C(=O)NSC(C)C(C)C/C=C/C(C2SCCCS2)C2CCC2CN(C)C1. The van der Waals surface area contributed by atoms with Gasteiger partial charge in [0.15, 0.2) is 0 Å². The molecule has 2 fully saturated rings. The lowest BCUT2D eigenvalue weighted by Crippen LogP contribution is -2.43. The van der Waals surface area contributed by atoms with Crippen LogP contribution in [0.4, 0.5) is 0 Å². The van der Waals surface area contributed by atoms with Crippen molar-refractivity contribution < 1.29 is 9.53 Å². The molecule has 6 unspecified atom stereocenters. The zero-order chi connectivity index (χ0) is 31.8. The summed E-state index contributed by atoms with van der Waals surface area (Å²) >= 11 is 12.4. The number of carbonyl (C=O) groups excluding carboxylic acids is 1. The highest BCUT2D eigenvalue weighted by atomic mass is 35.5. The fourth-order valence-corrected chi connectivity index (χ4v) is 11.1. The van der Waals surface area contributed by atoms with E-state index < -0.39 is 0 Å². The molecule has 6 rings (SSSR count). The number of carbonyl (C=O) groups is 1. The van der Waals surface area contributed by atoms with Gasteiger partial charge in [0.25, 0.3) is 5.91 Å². The zero-order valence-corrected chi connectivity index (χ0v) is 30.6. The van der Waals surface area contributed by atoms with Crippen molar-refractivity contribution >= 4 is 53.0 Å². The number of thioether (sulfide) groups is 2. The second kappa shape index (κ2) is 17.2. The highest BCUT2D eigenvalue weighted by Gasteiger charge is 2.40. The van der Waals surface area contributed by atoms with Gasteiger partial charge in [0.2, 0.25) is 0 Å². The lowest BCUT2D eigenvalue weighted by atomic mass is 9.67. The number of hydrogen-bond donors (Lipinski definition) is 1. The van der Waals surface area contributed by atoms with Crippen LogP contribution in [0.5, 0.6) is 5.75 Å². The highest BCUT2D eigenvalue weighted by Crippen LogP contribution is 2.49. The van der Waals surface area contributed by atoms with E-state index in [0.29, 0.717) is 33.8 Å². The number of fused-ring (bicyclic) bond motifs is 14. The monoisotopic (exact) mass is 686 g/mol. The van der Waals surface area contributed by atoms with E-state index in [1.165, 1.54) is 41.9 Å². The van der Waals surface area contributed by atoms with E-state index in [0.717, 1.165) is 55.0 Å². The van der Waals surface area contributed by atoms with Crippen LogP contribution in [0.1, 0.15) is 80.3 Å². The molecule has 2 bridgehead atoms. The van der Waals surface area contributed by atoms with Crippen molar-refractivity contribution in [1.82, 2.24) is 9.62 Å². The van der Waals surface area contributed by atoms with Gasteiger partial charge in [0, 0.05) is 40.8 Å². The molecule has 2 aromatic rings. The largest absolute Gasteiger partial charge is 0.493 e. The van der Waals surface area contributed by atoms with Crippen LogP contribution in [-0.2, 0) is 6.42 Å². The molecule has 45 heavy (non-hydrogen) atoms. The Morgan fingerprint density at radius 3 is 2.53 bits per heavy atom. The summed E-state index contributed by atoms with van der Waals surface area (Å²) in [7, 11) is 2.30. The second-order valence-corrected chi connectivity index (χ2v) is 17.7. The molecule has 246 valence electrons. The molecule has 0 radical (unpaired) electrons. The third-order valence-electron chi connectivity index (χ3n) is 9.85. The van der Waals surface area contributed by atoms with E-state index in [9.17, 15) is 4.79 Å². The fourth-order valence-electron chi connectivity index (χ4n) is 6.90. The van der Waals surface area contributed by atoms with Crippen LogP contribution in [-0.4, -0.2) is 58.9 Å². The third-order valence-corrected chi connectivity index (χ3v) is 14.4. The summed E-state index contributed by atoms with van der Waals surface area (Å²) in [6.45, 7) is 9.39. The van der Waals surface area contributed by atoms with Crippen LogP contribution in [0.2, 0.25) is 5.02 Å².